The van der Waals surface area contributed by atoms with Gasteiger partial charge in [-0.15, -0.1) is 0 Å². The summed E-state index contributed by atoms with van der Waals surface area (Å²) in [4.78, 5) is 6.42. The SMILES string of the molecule is COc1ccc(CN2CCN(S(=O)(=O)c3cccnc3)CC2)cc1. The Balaban J connectivity index is 1.59. The van der Waals surface area contributed by atoms with Crippen LogP contribution in [0.3, 0.4) is 0 Å². The Kier molecular flexibility index (Phi) is 5.13. The third kappa shape index (κ3) is 3.75. The number of aromatic nitrogens is 1. The number of piperazine rings is 1. The Hall–Kier alpha value is -1.96. The first-order chi connectivity index (χ1) is 11.6. The fourth-order valence-electron chi connectivity index (χ4n) is 2.77. The van der Waals surface area contributed by atoms with Gasteiger partial charge in [-0.05, 0) is 29.8 Å². The molecule has 0 saturated carbocycles. The molecule has 0 radical (unpaired) electrons. The maximum atomic E-state index is 12.6. The molecule has 128 valence electrons. The second-order valence-corrected chi connectivity index (χ2v) is 7.65. The summed E-state index contributed by atoms with van der Waals surface area (Å²) < 4.78 is 31.8. The molecule has 0 N–H and O–H groups in total. The van der Waals surface area contributed by atoms with Crippen molar-refractivity contribution in [2.75, 3.05) is 33.3 Å². The molecule has 0 bridgehead atoms. The highest BCUT2D eigenvalue weighted by molar-refractivity contribution is 7.89. The maximum absolute atomic E-state index is 12.6. The zero-order valence-corrected chi connectivity index (χ0v) is 14.4. The van der Waals surface area contributed by atoms with Gasteiger partial charge in [0.05, 0.1) is 7.11 Å². The summed E-state index contributed by atoms with van der Waals surface area (Å²) in [7, 11) is -1.79. The molecule has 2 aromatic rings. The zero-order valence-electron chi connectivity index (χ0n) is 13.6. The third-order valence-corrected chi connectivity index (χ3v) is 6.05. The first kappa shape index (κ1) is 16.9. The lowest BCUT2D eigenvalue weighted by Crippen LogP contribution is -2.48. The van der Waals surface area contributed by atoms with Gasteiger partial charge in [0.25, 0.3) is 0 Å². The molecule has 7 heteroatoms. The van der Waals surface area contributed by atoms with E-state index in [1.165, 1.54) is 16.1 Å². The highest BCUT2D eigenvalue weighted by atomic mass is 32.2. The van der Waals surface area contributed by atoms with Gasteiger partial charge in [0.1, 0.15) is 10.6 Å². The zero-order chi connectivity index (χ0) is 17.0. The van der Waals surface area contributed by atoms with E-state index in [0.717, 1.165) is 12.3 Å². The Labute approximate surface area is 142 Å². The molecule has 0 amide bonds. The van der Waals surface area contributed by atoms with Gasteiger partial charge in [-0.1, -0.05) is 12.1 Å². The molecule has 1 aromatic heterocycles. The molecule has 1 saturated heterocycles. The molecule has 0 spiro atoms. The lowest BCUT2D eigenvalue weighted by molar-refractivity contribution is 0.181. The summed E-state index contributed by atoms with van der Waals surface area (Å²) in [6, 6.07) is 11.2. The van der Waals surface area contributed by atoms with Gasteiger partial charge < -0.3 is 4.74 Å². The van der Waals surface area contributed by atoms with E-state index in [2.05, 4.69) is 9.88 Å². The minimum absolute atomic E-state index is 0.258. The van der Waals surface area contributed by atoms with Crippen LogP contribution < -0.4 is 4.74 Å². The van der Waals surface area contributed by atoms with Crippen molar-refractivity contribution in [3.8, 4) is 5.75 Å². The predicted octanol–water partition coefficient (Wildman–Crippen LogP) is 1.60. The van der Waals surface area contributed by atoms with Gasteiger partial charge in [-0.25, -0.2) is 8.42 Å². The largest absolute Gasteiger partial charge is 0.497 e. The summed E-state index contributed by atoms with van der Waals surface area (Å²) in [6.07, 6.45) is 2.98. The number of ether oxygens (including phenoxy) is 1. The van der Waals surface area contributed by atoms with Crippen molar-refractivity contribution in [1.29, 1.82) is 0 Å². The lowest BCUT2D eigenvalue weighted by Gasteiger charge is -2.33. The van der Waals surface area contributed by atoms with Gasteiger partial charge in [-0.3, -0.25) is 9.88 Å². The van der Waals surface area contributed by atoms with Crippen LogP contribution in [-0.2, 0) is 16.6 Å². The smallest absolute Gasteiger partial charge is 0.244 e. The number of methoxy groups -OCH3 is 1. The van der Waals surface area contributed by atoms with E-state index in [9.17, 15) is 8.42 Å². The number of benzene rings is 1. The monoisotopic (exact) mass is 347 g/mol. The molecule has 2 heterocycles. The van der Waals surface area contributed by atoms with Crippen molar-refractivity contribution in [1.82, 2.24) is 14.2 Å². The number of hydrogen-bond donors (Lipinski definition) is 0. The average Bonchev–Trinajstić information content (AvgIpc) is 2.63. The number of hydrogen-bond acceptors (Lipinski definition) is 5. The summed E-state index contributed by atoms with van der Waals surface area (Å²) >= 11 is 0. The van der Waals surface area contributed by atoms with Crippen LogP contribution in [0.4, 0.5) is 0 Å². The van der Waals surface area contributed by atoms with E-state index < -0.39 is 10.0 Å². The van der Waals surface area contributed by atoms with Gasteiger partial charge in [0.15, 0.2) is 0 Å². The molecule has 1 aliphatic rings. The third-order valence-electron chi connectivity index (χ3n) is 4.17. The van der Waals surface area contributed by atoms with Crippen LogP contribution in [0.15, 0.2) is 53.7 Å². The lowest BCUT2D eigenvalue weighted by atomic mass is 10.2. The summed E-state index contributed by atoms with van der Waals surface area (Å²) in [5.74, 6) is 0.839. The van der Waals surface area contributed by atoms with Crippen molar-refractivity contribution < 1.29 is 13.2 Å². The van der Waals surface area contributed by atoms with Gasteiger partial charge >= 0.3 is 0 Å². The number of rotatable bonds is 5. The molecule has 3 rings (SSSR count). The van der Waals surface area contributed by atoms with Crippen LogP contribution in [0.2, 0.25) is 0 Å². The van der Waals surface area contributed by atoms with Crippen molar-refractivity contribution in [2.24, 2.45) is 0 Å². The molecule has 0 unspecified atom stereocenters. The van der Waals surface area contributed by atoms with Crippen LogP contribution in [0.5, 0.6) is 5.75 Å². The minimum Gasteiger partial charge on any atom is -0.497 e. The Morgan fingerprint density at radius 2 is 1.79 bits per heavy atom. The van der Waals surface area contributed by atoms with E-state index in [4.69, 9.17) is 4.74 Å². The molecular formula is C17H21N3O3S. The Bertz CT molecular complexity index is 755. The quantitative estimate of drug-likeness (QED) is 0.822. The fourth-order valence-corrected chi connectivity index (χ4v) is 4.15. The molecule has 6 nitrogen and oxygen atoms in total. The standard InChI is InChI=1S/C17H21N3O3S/c1-23-16-6-4-15(5-7-16)14-19-9-11-20(12-10-19)24(21,22)17-3-2-8-18-13-17/h2-8,13H,9-12,14H2,1H3. The highest BCUT2D eigenvalue weighted by Gasteiger charge is 2.28. The Morgan fingerprint density at radius 3 is 2.38 bits per heavy atom. The number of sulfonamides is 1. The molecule has 1 aliphatic heterocycles. The topological polar surface area (TPSA) is 62.7 Å². The first-order valence-electron chi connectivity index (χ1n) is 7.85. The van der Waals surface area contributed by atoms with Gasteiger partial charge in [-0.2, -0.15) is 4.31 Å². The molecule has 24 heavy (non-hydrogen) atoms. The molecule has 0 aliphatic carbocycles. The van der Waals surface area contributed by atoms with E-state index in [1.807, 2.05) is 24.3 Å². The van der Waals surface area contributed by atoms with E-state index in [-0.39, 0.29) is 4.90 Å². The fraction of sp³-hybridized carbons (Fsp3) is 0.353. The first-order valence-corrected chi connectivity index (χ1v) is 9.29. The maximum Gasteiger partial charge on any atom is 0.244 e. The molecular weight excluding hydrogens is 326 g/mol. The van der Waals surface area contributed by atoms with Crippen LogP contribution >= 0.6 is 0 Å². The summed E-state index contributed by atoms with van der Waals surface area (Å²) in [6.45, 7) is 3.22. The van der Waals surface area contributed by atoms with Gasteiger partial charge in [0.2, 0.25) is 10.0 Å². The second kappa shape index (κ2) is 7.29. The summed E-state index contributed by atoms with van der Waals surface area (Å²) in [5, 5.41) is 0. The highest BCUT2D eigenvalue weighted by Crippen LogP contribution is 2.18. The predicted molar refractivity (Wildman–Crippen MR) is 91.3 cm³/mol. The summed E-state index contributed by atoms with van der Waals surface area (Å²) in [5.41, 5.74) is 1.19. The van der Waals surface area contributed by atoms with E-state index in [1.54, 1.807) is 25.4 Å². The molecule has 1 fully saturated rings. The van der Waals surface area contributed by atoms with E-state index >= 15 is 0 Å². The van der Waals surface area contributed by atoms with Crippen molar-refractivity contribution in [3.05, 3.63) is 54.4 Å². The Morgan fingerprint density at radius 1 is 1.08 bits per heavy atom. The molecule has 0 atom stereocenters. The van der Waals surface area contributed by atoms with Gasteiger partial charge in [0, 0.05) is 45.1 Å². The van der Waals surface area contributed by atoms with Crippen molar-refractivity contribution in [2.45, 2.75) is 11.4 Å². The van der Waals surface area contributed by atoms with Crippen molar-refractivity contribution >= 4 is 10.0 Å². The normalized spacial score (nSPS) is 16.9. The van der Waals surface area contributed by atoms with Crippen LogP contribution in [0.25, 0.3) is 0 Å². The minimum atomic E-state index is -3.44. The second-order valence-electron chi connectivity index (χ2n) is 5.72. The molecule has 1 aromatic carbocycles. The van der Waals surface area contributed by atoms with Crippen molar-refractivity contribution in [3.63, 3.8) is 0 Å². The van der Waals surface area contributed by atoms with Crippen LogP contribution in [-0.4, -0.2) is 55.9 Å². The van der Waals surface area contributed by atoms with Crippen LogP contribution in [0, 0.1) is 0 Å². The van der Waals surface area contributed by atoms with E-state index in [0.29, 0.717) is 26.2 Å². The number of pyridine rings is 1. The number of nitrogens with zero attached hydrogens (tertiary/aromatic N) is 3. The average molecular weight is 347 g/mol. The van der Waals surface area contributed by atoms with Crippen LogP contribution in [0.1, 0.15) is 5.56 Å².